The van der Waals surface area contributed by atoms with E-state index in [1.807, 2.05) is 0 Å². The quantitative estimate of drug-likeness (QED) is 0.584. The second-order valence-corrected chi connectivity index (χ2v) is 7.04. The van der Waals surface area contributed by atoms with E-state index in [1.165, 1.54) is 29.5 Å². The fourth-order valence-corrected chi connectivity index (χ4v) is 4.04. The first-order chi connectivity index (χ1) is 11.7. The predicted molar refractivity (Wildman–Crippen MR) is 103 cm³/mol. The number of rotatable bonds is 7. The average molecular weight is 319 g/mol. The van der Waals surface area contributed by atoms with Gasteiger partial charge in [-0.25, -0.2) is 0 Å². The van der Waals surface area contributed by atoms with Crippen LogP contribution in [0.5, 0.6) is 0 Å². The molecule has 2 aromatic rings. The van der Waals surface area contributed by atoms with Crippen LogP contribution in [-0.4, -0.2) is 17.0 Å². The van der Waals surface area contributed by atoms with Crippen LogP contribution >= 0.6 is 0 Å². The van der Waals surface area contributed by atoms with Crippen LogP contribution in [0.2, 0.25) is 0 Å². The van der Waals surface area contributed by atoms with Crippen molar-refractivity contribution in [3.8, 4) is 0 Å². The summed E-state index contributed by atoms with van der Waals surface area (Å²) in [5.74, 6) is 0.569. The van der Waals surface area contributed by atoms with Crippen molar-refractivity contribution < 1.29 is 0 Å². The van der Waals surface area contributed by atoms with Crippen LogP contribution in [0, 0.1) is 0 Å². The number of hydrogen-bond acceptors (Lipinski definition) is 1. The lowest BCUT2D eigenvalue weighted by molar-refractivity contribution is 0.00769. The minimum atomic E-state index is 0.467. The van der Waals surface area contributed by atoms with Gasteiger partial charge in [0.25, 0.3) is 0 Å². The Kier molecular flexibility index (Phi) is 5.52. The van der Waals surface area contributed by atoms with Crippen molar-refractivity contribution in [2.45, 2.75) is 57.7 Å². The number of hydrogen-bond donors (Lipinski definition) is 0. The van der Waals surface area contributed by atoms with Crippen molar-refractivity contribution in [2.75, 3.05) is 0 Å². The molecule has 2 aromatic carbocycles. The van der Waals surface area contributed by atoms with Gasteiger partial charge in [0.2, 0.25) is 0 Å². The highest BCUT2D eigenvalue weighted by atomic mass is 15.3. The minimum Gasteiger partial charge on any atom is -0.288 e. The standard InChI is InChI=1S/C23H29N/c1-4-5-12-18(2)23-22(21-15-10-7-11-16-21)19(3)24(23)17-20-13-8-6-9-14-20/h6-11,13-16,19,22-23H,2,4-5,12,17H2,1,3H3/t19-,22+,23+/m0/s1. The molecule has 1 nitrogen and oxygen atoms in total. The third-order valence-electron chi connectivity index (χ3n) is 5.40. The summed E-state index contributed by atoms with van der Waals surface area (Å²) in [6, 6.07) is 22.8. The maximum absolute atomic E-state index is 4.47. The molecule has 1 saturated heterocycles. The molecular formula is C23H29N. The monoisotopic (exact) mass is 319 g/mol. The van der Waals surface area contributed by atoms with Gasteiger partial charge in [-0.1, -0.05) is 86.2 Å². The molecule has 1 heteroatoms. The molecular weight excluding hydrogens is 290 g/mol. The summed E-state index contributed by atoms with van der Waals surface area (Å²) in [6.45, 7) is 10.1. The van der Waals surface area contributed by atoms with Crippen LogP contribution in [-0.2, 0) is 6.54 Å². The highest BCUT2D eigenvalue weighted by Gasteiger charge is 2.46. The first-order valence-corrected chi connectivity index (χ1v) is 9.24. The molecule has 3 atom stereocenters. The van der Waals surface area contributed by atoms with E-state index in [2.05, 4.69) is 86.0 Å². The van der Waals surface area contributed by atoms with E-state index in [-0.39, 0.29) is 0 Å². The third-order valence-corrected chi connectivity index (χ3v) is 5.40. The van der Waals surface area contributed by atoms with Crippen LogP contribution in [0.15, 0.2) is 72.8 Å². The van der Waals surface area contributed by atoms with Crippen molar-refractivity contribution in [3.63, 3.8) is 0 Å². The van der Waals surface area contributed by atoms with Crippen LogP contribution < -0.4 is 0 Å². The zero-order valence-electron chi connectivity index (χ0n) is 15.0. The number of unbranched alkanes of at least 4 members (excludes halogenated alkanes) is 1. The van der Waals surface area contributed by atoms with Crippen LogP contribution in [0.25, 0.3) is 0 Å². The molecule has 0 saturated carbocycles. The van der Waals surface area contributed by atoms with Gasteiger partial charge in [-0.15, -0.1) is 0 Å². The second kappa shape index (κ2) is 7.81. The molecule has 0 unspecified atom stereocenters. The van der Waals surface area contributed by atoms with E-state index in [1.54, 1.807) is 0 Å². The van der Waals surface area contributed by atoms with E-state index >= 15 is 0 Å². The molecule has 1 aliphatic rings. The van der Waals surface area contributed by atoms with E-state index in [0.717, 1.165) is 13.0 Å². The Balaban J connectivity index is 1.81. The molecule has 1 heterocycles. The lowest BCUT2D eigenvalue weighted by atomic mass is 9.72. The third kappa shape index (κ3) is 3.47. The Bertz CT molecular complexity index is 646. The predicted octanol–water partition coefficient (Wildman–Crippen LogP) is 5.79. The summed E-state index contributed by atoms with van der Waals surface area (Å²) in [5, 5.41) is 0. The molecule has 0 bridgehead atoms. The lowest BCUT2D eigenvalue weighted by Crippen LogP contribution is -2.60. The van der Waals surface area contributed by atoms with Crippen molar-refractivity contribution in [3.05, 3.63) is 83.9 Å². The molecule has 0 aliphatic carbocycles. The Hall–Kier alpha value is -1.86. The van der Waals surface area contributed by atoms with E-state index in [9.17, 15) is 0 Å². The van der Waals surface area contributed by atoms with E-state index in [4.69, 9.17) is 0 Å². The highest BCUT2D eigenvalue weighted by Crippen LogP contribution is 2.45. The molecule has 3 rings (SSSR count). The first kappa shape index (κ1) is 17.0. The summed E-state index contributed by atoms with van der Waals surface area (Å²) >= 11 is 0. The smallest absolute Gasteiger partial charge is 0.0395 e. The molecule has 0 spiro atoms. The summed E-state index contributed by atoms with van der Waals surface area (Å²) in [4.78, 5) is 2.63. The second-order valence-electron chi connectivity index (χ2n) is 7.04. The Morgan fingerprint density at radius 3 is 2.25 bits per heavy atom. The summed E-state index contributed by atoms with van der Waals surface area (Å²) < 4.78 is 0. The largest absolute Gasteiger partial charge is 0.288 e. The lowest BCUT2D eigenvalue weighted by Gasteiger charge is -2.55. The fourth-order valence-electron chi connectivity index (χ4n) is 4.04. The van der Waals surface area contributed by atoms with E-state index in [0.29, 0.717) is 18.0 Å². The molecule has 0 aromatic heterocycles. The molecule has 0 N–H and O–H groups in total. The Morgan fingerprint density at radius 1 is 1.00 bits per heavy atom. The normalized spacial score (nSPS) is 23.7. The summed E-state index contributed by atoms with van der Waals surface area (Å²) in [7, 11) is 0. The Morgan fingerprint density at radius 2 is 1.62 bits per heavy atom. The number of likely N-dealkylation sites (tertiary alicyclic amines) is 1. The van der Waals surface area contributed by atoms with Gasteiger partial charge in [0.1, 0.15) is 0 Å². The van der Waals surface area contributed by atoms with Crippen molar-refractivity contribution in [1.82, 2.24) is 4.90 Å². The average Bonchev–Trinajstić information content (AvgIpc) is 2.63. The van der Waals surface area contributed by atoms with Gasteiger partial charge in [-0.2, -0.15) is 0 Å². The van der Waals surface area contributed by atoms with Gasteiger partial charge < -0.3 is 0 Å². The minimum absolute atomic E-state index is 0.467. The first-order valence-electron chi connectivity index (χ1n) is 9.24. The van der Waals surface area contributed by atoms with Crippen molar-refractivity contribution in [1.29, 1.82) is 0 Å². The SMILES string of the molecule is C=C(CCCC)[C@@H]1[C@@H](c2ccccc2)[C@H](C)N1Cc1ccccc1. The van der Waals surface area contributed by atoms with Crippen molar-refractivity contribution in [2.24, 2.45) is 0 Å². The van der Waals surface area contributed by atoms with Gasteiger partial charge in [0.05, 0.1) is 0 Å². The molecule has 24 heavy (non-hydrogen) atoms. The molecule has 0 radical (unpaired) electrons. The zero-order valence-corrected chi connectivity index (χ0v) is 15.0. The topological polar surface area (TPSA) is 3.24 Å². The van der Waals surface area contributed by atoms with E-state index < -0.39 is 0 Å². The Labute approximate surface area is 147 Å². The zero-order chi connectivity index (χ0) is 16.9. The maximum atomic E-state index is 4.47. The summed E-state index contributed by atoms with van der Waals surface area (Å²) in [6.07, 6.45) is 3.61. The fraction of sp³-hybridized carbons (Fsp3) is 0.391. The van der Waals surface area contributed by atoms with Gasteiger partial charge >= 0.3 is 0 Å². The van der Waals surface area contributed by atoms with Crippen molar-refractivity contribution >= 4 is 0 Å². The van der Waals surface area contributed by atoms with Gasteiger partial charge in [-0.05, 0) is 30.9 Å². The van der Waals surface area contributed by atoms with Crippen LogP contribution in [0.3, 0.4) is 0 Å². The molecule has 1 fully saturated rings. The highest BCUT2D eigenvalue weighted by molar-refractivity contribution is 5.33. The molecule has 0 amide bonds. The molecule has 126 valence electrons. The molecule has 1 aliphatic heterocycles. The van der Waals surface area contributed by atoms with Gasteiger partial charge in [0.15, 0.2) is 0 Å². The number of benzene rings is 2. The van der Waals surface area contributed by atoms with Gasteiger partial charge in [-0.3, -0.25) is 4.90 Å². The maximum Gasteiger partial charge on any atom is 0.0395 e. The van der Waals surface area contributed by atoms with Gasteiger partial charge in [0, 0.05) is 24.5 Å². The van der Waals surface area contributed by atoms with Crippen LogP contribution in [0.1, 0.15) is 50.2 Å². The van der Waals surface area contributed by atoms with Crippen LogP contribution in [0.4, 0.5) is 0 Å². The number of nitrogens with zero attached hydrogens (tertiary/aromatic N) is 1. The summed E-state index contributed by atoms with van der Waals surface area (Å²) in [5.41, 5.74) is 4.25.